The van der Waals surface area contributed by atoms with Crippen LogP contribution < -0.4 is 20.3 Å². The third-order valence-corrected chi connectivity index (χ3v) is 3.84. The van der Waals surface area contributed by atoms with Crippen molar-refractivity contribution >= 4 is 17.2 Å². The molecule has 0 saturated carbocycles. The van der Waals surface area contributed by atoms with Crippen molar-refractivity contribution in [1.29, 1.82) is 0 Å². The second-order valence-corrected chi connectivity index (χ2v) is 5.09. The van der Waals surface area contributed by atoms with Crippen LogP contribution in [-0.4, -0.2) is 38.3 Å². The van der Waals surface area contributed by atoms with Crippen molar-refractivity contribution in [2.45, 2.75) is 0 Å². The molecule has 0 spiro atoms. The second-order valence-electron chi connectivity index (χ2n) is 5.09. The van der Waals surface area contributed by atoms with E-state index >= 15 is 0 Å². The van der Waals surface area contributed by atoms with Gasteiger partial charge in [-0.2, -0.15) is 0 Å². The van der Waals surface area contributed by atoms with Gasteiger partial charge in [-0.1, -0.05) is 6.07 Å². The molecular weight excluding hydrogens is 264 g/mol. The molecule has 0 bridgehead atoms. The Bertz CT molecular complexity index is 594. The molecule has 5 heteroatoms. The molecule has 1 fully saturated rings. The summed E-state index contributed by atoms with van der Waals surface area (Å²) in [5.41, 5.74) is 7.70. The Morgan fingerprint density at radius 1 is 1.05 bits per heavy atom. The second kappa shape index (κ2) is 5.91. The Morgan fingerprint density at radius 2 is 1.81 bits per heavy atom. The average Bonchev–Trinajstić information content (AvgIpc) is 2.56. The first-order valence-corrected chi connectivity index (χ1v) is 7.12. The van der Waals surface area contributed by atoms with Crippen molar-refractivity contribution in [3.63, 3.8) is 0 Å². The zero-order valence-electron chi connectivity index (χ0n) is 12.2. The van der Waals surface area contributed by atoms with Gasteiger partial charge in [-0.3, -0.25) is 0 Å². The number of aromatic nitrogens is 1. The van der Waals surface area contributed by atoms with Gasteiger partial charge >= 0.3 is 0 Å². The van der Waals surface area contributed by atoms with Crippen LogP contribution in [0.4, 0.5) is 17.2 Å². The maximum Gasteiger partial charge on any atom is 0.143 e. The summed E-state index contributed by atoms with van der Waals surface area (Å²) in [7, 11) is 1.65. The minimum atomic E-state index is 0.674. The predicted octanol–water partition coefficient (Wildman–Crippen LogP) is 2.00. The van der Waals surface area contributed by atoms with Gasteiger partial charge in [0.1, 0.15) is 11.6 Å². The van der Waals surface area contributed by atoms with Gasteiger partial charge in [0, 0.05) is 44.1 Å². The van der Waals surface area contributed by atoms with Crippen LogP contribution in [-0.2, 0) is 0 Å². The van der Waals surface area contributed by atoms with E-state index in [1.54, 1.807) is 7.11 Å². The maximum absolute atomic E-state index is 5.87. The summed E-state index contributed by atoms with van der Waals surface area (Å²) in [6, 6.07) is 12.0. The summed E-state index contributed by atoms with van der Waals surface area (Å²) in [5, 5.41) is 0. The van der Waals surface area contributed by atoms with E-state index < -0.39 is 0 Å². The third-order valence-electron chi connectivity index (χ3n) is 3.84. The molecule has 1 aromatic heterocycles. The van der Waals surface area contributed by atoms with Crippen molar-refractivity contribution in [1.82, 2.24) is 4.98 Å². The largest absolute Gasteiger partial charge is 0.495 e. The fourth-order valence-electron chi connectivity index (χ4n) is 2.63. The number of hydrogen-bond acceptors (Lipinski definition) is 5. The lowest BCUT2D eigenvalue weighted by molar-refractivity contribution is 0.417. The van der Waals surface area contributed by atoms with Gasteiger partial charge in [0.2, 0.25) is 0 Å². The first-order chi connectivity index (χ1) is 10.3. The number of ether oxygens (including phenoxy) is 1. The van der Waals surface area contributed by atoms with E-state index in [-0.39, 0.29) is 0 Å². The van der Waals surface area contributed by atoms with E-state index in [1.807, 2.05) is 36.5 Å². The Balaban J connectivity index is 1.68. The molecule has 0 atom stereocenters. The first-order valence-electron chi connectivity index (χ1n) is 7.12. The summed E-state index contributed by atoms with van der Waals surface area (Å²) in [4.78, 5) is 9.07. The Labute approximate surface area is 125 Å². The number of piperazine rings is 1. The van der Waals surface area contributed by atoms with Gasteiger partial charge in [0.05, 0.1) is 12.8 Å². The molecule has 0 aliphatic carbocycles. The zero-order chi connectivity index (χ0) is 14.7. The molecule has 0 amide bonds. The number of rotatable bonds is 3. The molecule has 5 nitrogen and oxygen atoms in total. The Hall–Kier alpha value is -2.43. The number of methoxy groups -OCH3 is 1. The molecule has 1 aliphatic heterocycles. The highest BCUT2D eigenvalue weighted by molar-refractivity contribution is 5.62. The van der Waals surface area contributed by atoms with Crippen LogP contribution in [0.2, 0.25) is 0 Å². The zero-order valence-corrected chi connectivity index (χ0v) is 12.2. The van der Waals surface area contributed by atoms with Crippen LogP contribution in [0.15, 0.2) is 42.6 Å². The number of anilines is 3. The Morgan fingerprint density at radius 3 is 2.48 bits per heavy atom. The van der Waals surface area contributed by atoms with E-state index in [4.69, 9.17) is 10.5 Å². The summed E-state index contributed by atoms with van der Waals surface area (Å²) in [5.74, 6) is 1.78. The molecule has 2 aromatic rings. The molecular formula is C16H20N4O. The van der Waals surface area contributed by atoms with E-state index in [0.717, 1.165) is 43.4 Å². The van der Waals surface area contributed by atoms with Crippen LogP contribution in [0.1, 0.15) is 0 Å². The summed E-state index contributed by atoms with van der Waals surface area (Å²) < 4.78 is 5.29. The number of hydrogen-bond donors (Lipinski definition) is 1. The lowest BCUT2D eigenvalue weighted by atomic mass is 10.2. The fourth-order valence-corrected chi connectivity index (χ4v) is 2.63. The number of nitrogens with two attached hydrogens (primary N) is 1. The monoisotopic (exact) mass is 284 g/mol. The van der Waals surface area contributed by atoms with Crippen molar-refractivity contribution < 1.29 is 4.74 Å². The lowest BCUT2D eigenvalue weighted by Gasteiger charge is -2.36. The average molecular weight is 284 g/mol. The van der Waals surface area contributed by atoms with Crippen molar-refractivity contribution in [2.24, 2.45) is 0 Å². The van der Waals surface area contributed by atoms with Crippen LogP contribution in [0.25, 0.3) is 0 Å². The predicted molar refractivity (Wildman–Crippen MR) is 86.1 cm³/mol. The smallest absolute Gasteiger partial charge is 0.143 e. The van der Waals surface area contributed by atoms with E-state index in [0.29, 0.717) is 5.69 Å². The molecule has 2 N–H and O–H groups in total. The molecule has 21 heavy (non-hydrogen) atoms. The highest BCUT2D eigenvalue weighted by Gasteiger charge is 2.18. The highest BCUT2D eigenvalue weighted by Crippen LogP contribution is 2.28. The topological polar surface area (TPSA) is 54.6 Å². The number of pyridine rings is 1. The molecule has 2 heterocycles. The molecule has 110 valence electrons. The molecule has 3 rings (SSSR count). The lowest BCUT2D eigenvalue weighted by Crippen LogP contribution is -2.46. The number of benzene rings is 1. The van der Waals surface area contributed by atoms with Crippen molar-refractivity contribution in [2.75, 3.05) is 48.8 Å². The van der Waals surface area contributed by atoms with Crippen LogP contribution in [0.3, 0.4) is 0 Å². The van der Waals surface area contributed by atoms with Crippen LogP contribution in [0, 0.1) is 0 Å². The standard InChI is InChI=1S/C16H20N4O/c1-21-15-12-13(5-6-14(15)17)19-8-10-20(11-9-19)16-4-2-3-7-18-16/h2-7,12H,8-11,17H2,1H3. The Kier molecular flexibility index (Phi) is 3.81. The minimum Gasteiger partial charge on any atom is -0.495 e. The first kappa shape index (κ1) is 13.5. The SMILES string of the molecule is COc1cc(N2CCN(c3ccccn3)CC2)ccc1N. The van der Waals surface area contributed by atoms with E-state index in [2.05, 4.69) is 20.9 Å². The van der Waals surface area contributed by atoms with Crippen molar-refractivity contribution in [3.05, 3.63) is 42.6 Å². The van der Waals surface area contributed by atoms with E-state index in [1.165, 1.54) is 0 Å². The molecule has 1 saturated heterocycles. The number of nitrogens with zero attached hydrogens (tertiary/aromatic N) is 3. The van der Waals surface area contributed by atoms with Crippen LogP contribution in [0.5, 0.6) is 5.75 Å². The van der Waals surface area contributed by atoms with Gasteiger partial charge in [-0.15, -0.1) is 0 Å². The minimum absolute atomic E-state index is 0.674. The molecule has 1 aromatic carbocycles. The summed E-state index contributed by atoms with van der Waals surface area (Å²) in [6.07, 6.45) is 1.84. The molecule has 1 aliphatic rings. The van der Waals surface area contributed by atoms with Gasteiger partial charge < -0.3 is 20.3 Å². The summed E-state index contributed by atoms with van der Waals surface area (Å²) >= 11 is 0. The normalized spacial score (nSPS) is 15.1. The van der Waals surface area contributed by atoms with Crippen LogP contribution >= 0.6 is 0 Å². The van der Waals surface area contributed by atoms with Gasteiger partial charge in [-0.05, 0) is 24.3 Å². The van der Waals surface area contributed by atoms with E-state index in [9.17, 15) is 0 Å². The number of nitrogen functional groups attached to an aromatic ring is 1. The van der Waals surface area contributed by atoms with Crippen molar-refractivity contribution in [3.8, 4) is 5.75 Å². The van der Waals surface area contributed by atoms with Gasteiger partial charge in [-0.25, -0.2) is 4.98 Å². The summed E-state index contributed by atoms with van der Waals surface area (Å²) in [6.45, 7) is 3.85. The molecule has 0 unspecified atom stereocenters. The highest BCUT2D eigenvalue weighted by atomic mass is 16.5. The molecule has 0 radical (unpaired) electrons. The maximum atomic E-state index is 5.87. The fraction of sp³-hybridized carbons (Fsp3) is 0.312. The van der Waals surface area contributed by atoms with Gasteiger partial charge in [0.25, 0.3) is 0 Å². The van der Waals surface area contributed by atoms with Gasteiger partial charge in [0.15, 0.2) is 0 Å². The third kappa shape index (κ3) is 2.86. The quantitative estimate of drug-likeness (QED) is 0.874.